The fourth-order valence-corrected chi connectivity index (χ4v) is 3.93. The Bertz CT molecular complexity index is 636. The molecule has 0 bridgehead atoms. The molecule has 0 radical (unpaired) electrons. The number of anilines is 1. The Kier molecular flexibility index (Phi) is 6.41. The number of piperidine rings is 2. The van der Waals surface area contributed by atoms with E-state index in [-0.39, 0.29) is 6.03 Å². The number of urea groups is 1. The molecule has 0 atom stereocenters. The van der Waals surface area contributed by atoms with Gasteiger partial charge in [0.1, 0.15) is 0 Å². The SMILES string of the molecule is CC1CCN(C(=O)CC2CCN(C(=O)Nc3cccc(Cl)c3)CC2)CC1. The maximum atomic E-state index is 12.5. The van der Waals surface area contributed by atoms with Gasteiger partial charge in [-0.1, -0.05) is 24.6 Å². The Labute approximate surface area is 160 Å². The van der Waals surface area contributed by atoms with Gasteiger partial charge in [-0.25, -0.2) is 4.79 Å². The highest BCUT2D eigenvalue weighted by atomic mass is 35.5. The first-order valence-corrected chi connectivity index (χ1v) is 9.98. The summed E-state index contributed by atoms with van der Waals surface area (Å²) in [6.45, 7) is 5.45. The third-order valence-electron chi connectivity index (χ3n) is 5.58. The number of nitrogens with one attached hydrogen (secondary N) is 1. The summed E-state index contributed by atoms with van der Waals surface area (Å²) in [5, 5.41) is 3.50. The summed E-state index contributed by atoms with van der Waals surface area (Å²) >= 11 is 5.95. The first-order chi connectivity index (χ1) is 12.5. The van der Waals surface area contributed by atoms with Gasteiger partial charge in [0.2, 0.25) is 5.91 Å². The number of nitrogens with zero attached hydrogens (tertiary/aromatic N) is 2. The first-order valence-electron chi connectivity index (χ1n) is 9.60. The van der Waals surface area contributed by atoms with Crippen molar-refractivity contribution in [2.45, 2.75) is 39.0 Å². The first kappa shape index (κ1) is 19.0. The lowest BCUT2D eigenvalue weighted by Gasteiger charge is -2.34. The highest BCUT2D eigenvalue weighted by Crippen LogP contribution is 2.24. The second-order valence-electron chi connectivity index (χ2n) is 7.64. The second-order valence-corrected chi connectivity index (χ2v) is 8.07. The number of hydrogen-bond acceptors (Lipinski definition) is 2. The van der Waals surface area contributed by atoms with E-state index in [0.717, 1.165) is 44.7 Å². The highest BCUT2D eigenvalue weighted by molar-refractivity contribution is 6.30. The van der Waals surface area contributed by atoms with Crippen molar-refractivity contribution in [1.82, 2.24) is 9.80 Å². The van der Waals surface area contributed by atoms with Crippen LogP contribution in [0.1, 0.15) is 39.0 Å². The lowest BCUT2D eigenvalue weighted by atomic mass is 9.92. The van der Waals surface area contributed by atoms with Crippen molar-refractivity contribution in [3.63, 3.8) is 0 Å². The van der Waals surface area contributed by atoms with Gasteiger partial charge >= 0.3 is 6.03 Å². The molecule has 1 aromatic rings. The predicted molar refractivity (Wildman–Crippen MR) is 104 cm³/mol. The molecule has 0 spiro atoms. The fourth-order valence-electron chi connectivity index (χ4n) is 3.74. The van der Waals surface area contributed by atoms with Crippen LogP contribution in [0.5, 0.6) is 0 Å². The molecule has 2 aliphatic heterocycles. The van der Waals surface area contributed by atoms with E-state index in [9.17, 15) is 9.59 Å². The van der Waals surface area contributed by atoms with Crippen LogP contribution < -0.4 is 5.32 Å². The molecule has 142 valence electrons. The molecular formula is C20H28ClN3O2. The van der Waals surface area contributed by atoms with Crippen molar-refractivity contribution in [3.8, 4) is 0 Å². The number of rotatable bonds is 3. The van der Waals surface area contributed by atoms with E-state index in [1.807, 2.05) is 21.9 Å². The topological polar surface area (TPSA) is 52.7 Å². The molecule has 3 amide bonds. The summed E-state index contributed by atoms with van der Waals surface area (Å²) in [6, 6.07) is 7.07. The van der Waals surface area contributed by atoms with E-state index in [4.69, 9.17) is 11.6 Å². The van der Waals surface area contributed by atoms with Crippen LogP contribution in [-0.4, -0.2) is 47.9 Å². The predicted octanol–water partition coefficient (Wildman–Crippen LogP) is 4.23. The van der Waals surface area contributed by atoms with Crippen LogP contribution in [0.3, 0.4) is 0 Å². The van der Waals surface area contributed by atoms with Crippen LogP contribution in [0.25, 0.3) is 0 Å². The number of carbonyl (C=O) groups excluding carboxylic acids is 2. The molecule has 0 unspecified atom stereocenters. The van der Waals surface area contributed by atoms with E-state index >= 15 is 0 Å². The van der Waals surface area contributed by atoms with Crippen LogP contribution in [0, 0.1) is 11.8 Å². The van der Waals surface area contributed by atoms with Crippen LogP contribution >= 0.6 is 11.6 Å². The molecule has 1 N–H and O–H groups in total. The summed E-state index contributed by atoms with van der Waals surface area (Å²) in [5.41, 5.74) is 0.708. The number of amides is 3. The lowest BCUT2D eigenvalue weighted by Crippen LogP contribution is -2.43. The molecule has 0 aliphatic carbocycles. The van der Waals surface area contributed by atoms with Gasteiger partial charge in [0.25, 0.3) is 0 Å². The van der Waals surface area contributed by atoms with Crippen LogP contribution in [-0.2, 0) is 4.79 Å². The van der Waals surface area contributed by atoms with Crippen LogP contribution in [0.2, 0.25) is 5.02 Å². The Hall–Kier alpha value is -1.75. The normalized spacial score (nSPS) is 19.5. The molecule has 0 saturated carbocycles. The van der Waals surface area contributed by atoms with E-state index < -0.39 is 0 Å². The van der Waals surface area contributed by atoms with E-state index in [1.165, 1.54) is 0 Å². The zero-order valence-corrected chi connectivity index (χ0v) is 16.2. The molecule has 0 aromatic heterocycles. The van der Waals surface area contributed by atoms with E-state index in [0.29, 0.717) is 42.0 Å². The Balaban J connectivity index is 1.42. The number of halogens is 1. The average molecular weight is 378 g/mol. The third-order valence-corrected chi connectivity index (χ3v) is 5.81. The van der Waals surface area contributed by atoms with Crippen molar-refractivity contribution in [3.05, 3.63) is 29.3 Å². The minimum atomic E-state index is -0.0953. The molecule has 6 heteroatoms. The molecule has 3 rings (SSSR count). The molecular weight excluding hydrogens is 350 g/mol. The standard InChI is InChI=1S/C20H28ClN3O2/c1-15-5-9-23(10-6-15)19(25)13-16-7-11-24(12-8-16)20(26)22-18-4-2-3-17(21)14-18/h2-4,14-16H,5-13H2,1H3,(H,22,26). The molecule has 5 nitrogen and oxygen atoms in total. The van der Waals surface area contributed by atoms with Crippen molar-refractivity contribution in [2.75, 3.05) is 31.5 Å². The average Bonchev–Trinajstić information content (AvgIpc) is 2.63. The van der Waals surface area contributed by atoms with Gasteiger partial charge in [0.05, 0.1) is 0 Å². The van der Waals surface area contributed by atoms with Crippen LogP contribution in [0.15, 0.2) is 24.3 Å². The second kappa shape index (κ2) is 8.76. The Morgan fingerprint density at radius 1 is 1.08 bits per heavy atom. The summed E-state index contributed by atoms with van der Waals surface area (Å²) in [7, 11) is 0. The fraction of sp³-hybridized carbons (Fsp3) is 0.600. The maximum absolute atomic E-state index is 12.5. The number of likely N-dealkylation sites (tertiary alicyclic amines) is 2. The summed E-state index contributed by atoms with van der Waals surface area (Å²) in [4.78, 5) is 28.7. The van der Waals surface area contributed by atoms with E-state index in [2.05, 4.69) is 12.2 Å². The summed E-state index contributed by atoms with van der Waals surface area (Å²) in [6.07, 6.45) is 4.64. The lowest BCUT2D eigenvalue weighted by molar-refractivity contribution is -0.133. The highest BCUT2D eigenvalue weighted by Gasteiger charge is 2.27. The van der Waals surface area contributed by atoms with E-state index in [1.54, 1.807) is 12.1 Å². The summed E-state index contributed by atoms with van der Waals surface area (Å²) < 4.78 is 0. The van der Waals surface area contributed by atoms with Crippen molar-refractivity contribution >= 4 is 29.2 Å². The smallest absolute Gasteiger partial charge is 0.321 e. The summed E-state index contributed by atoms with van der Waals surface area (Å²) in [5.74, 6) is 1.41. The monoisotopic (exact) mass is 377 g/mol. The van der Waals surface area contributed by atoms with Gasteiger partial charge in [0.15, 0.2) is 0 Å². The Morgan fingerprint density at radius 3 is 2.38 bits per heavy atom. The number of benzene rings is 1. The van der Waals surface area contributed by atoms with Gasteiger partial charge < -0.3 is 15.1 Å². The minimum Gasteiger partial charge on any atom is -0.343 e. The number of carbonyl (C=O) groups is 2. The third kappa shape index (κ3) is 5.13. The molecule has 2 fully saturated rings. The van der Waals surface area contributed by atoms with Crippen molar-refractivity contribution in [1.29, 1.82) is 0 Å². The van der Waals surface area contributed by atoms with Gasteiger partial charge in [-0.15, -0.1) is 0 Å². The minimum absolute atomic E-state index is 0.0953. The van der Waals surface area contributed by atoms with Gasteiger partial charge in [0, 0.05) is 43.3 Å². The molecule has 2 heterocycles. The van der Waals surface area contributed by atoms with Gasteiger partial charge in [-0.3, -0.25) is 4.79 Å². The largest absolute Gasteiger partial charge is 0.343 e. The quantitative estimate of drug-likeness (QED) is 0.856. The zero-order valence-electron chi connectivity index (χ0n) is 15.4. The van der Waals surface area contributed by atoms with Crippen molar-refractivity contribution in [2.24, 2.45) is 11.8 Å². The maximum Gasteiger partial charge on any atom is 0.321 e. The number of hydrogen-bond donors (Lipinski definition) is 1. The Morgan fingerprint density at radius 2 is 1.73 bits per heavy atom. The molecule has 2 aliphatic rings. The zero-order chi connectivity index (χ0) is 18.5. The molecule has 1 aromatic carbocycles. The van der Waals surface area contributed by atoms with Gasteiger partial charge in [-0.2, -0.15) is 0 Å². The van der Waals surface area contributed by atoms with Gasteiger partial charge in [-0.05, 0) is 55.7 Å². The molecule has 26 heavy (non-hydrogen) atoms. The molecule has 2 saturated heterocycles. The van der Waals surface area contributed by atoms with Crippen LogP contribution in [0.4, 0.5) is 10.5 Å². The van der Waals surface area contributed by atoms with Crippen molar-refractivity contribution < 1.29 is 9.59 Å².